The molecule has 1 saturated carbocycles. The molecular formula is C16H13N3O3S2. The summed E-state index contributed by atoms with van der Waals surface area (Å²) in [5, 5.41) is 14.0. The van der Waals surface area contributed by atoms with E-state index in [1.54, 1.807) is 22.1 Å². The van der Waals surface area contributed by atoms with Crippen molar-refractivity contribution in [2.45, 2.75) is 29.8 Å². The Morgan fingerprint density at radius 3 is 2.88 bits per heavy atom. The summed E-state index contributed by atoms with van der Waals surface area (Å²) < 4.78 is 1.79. The molecule has 0 N–H and O–H groups in total. The van der Waals surface area contributed by atoms with E-state index < -0.39 is 0 Å². The molecule has 0 radical (unpaired) electrons. The maximum Gasteiger partial charge on any atom is 0.324 e. The fraction of sp³-hybridized carbons (Fsp3) is 0.250. The molecule has 0 atom stereocenters. The van der Waals surface area contributed by atoms with Crippen molar-refractivity contribution in [2.75, 3.05) is 0 Å². The van der Waals surface area contributed by atoms with E-state index in [4.69, 9.17) is 0 Å². The smallest absolute Gasteiger partial charge is 0.284 e. The summed E-state index contributed by atoms with van der Waals surface area (Å²) in [6.45, 7) is 0. The number of para-hydroxylation sites is 1. The van der Waals surface area contributed by atoms with Crippen LogP contribution < -0.4 is 5.56 Å². The number of thioether (sulfide) groups is 1. The summed E-state index contributed by atoms with van der Waals surface area (Å²) >= 11 is 2.58. The van der Waals surface area contributed by atoms with Crippen LogP contribution in [0.5, 0.6) is 0 Å². The minimum atomic E-state index is -0.382. The van der Waals surface area contributed by atoms with E-state index in [2.05, 4.69) is 4.98 Å². The first-order chi connectivity index (χ1) is 11.6. The van der Waals surface area contributed by atoms with Crippen LogP contribution in [0.2, 0.25) is 0 Å². The predicted octanol–water partition coefficient (Wildman–Crippen LogP) is 3.99. The van der Waals surface area contributed by atoms with Crippen molar-refractivity contribution < 1.29 is 4.92 Å². The van der Waals surface area contributed by atoms with Crippen LogP contribution in [0, 0.1) is 10.1 Å². The highest BCUT2D eigenvalue weighted by Crippen LogP contribution is 2.37. The highest BCUT2D eigenvalue weighted by atomic mass is 32.2. The van der Waals surface area contributed by atoms with Gasteiger partial charge in [-0.1, -0.05) is 35.2 Å². The van der Waals surface area contributed by atoms with Crippen molar-refractivity contribution in [3.8, 4) is 0 Å². The second kappa shape index (κ2) is 6.03. The van der Waals surface area contributed by atoms with Crippen molar-refractivity contribution in [1.82, 2.24) is 9.55 Å². The molecule has 0 saturated heterocycles. The number of nitrogens with zero attached hydrogens (tertiary/aromatic N) is 3. The first-order valence-corrected chi connectivity index (χ1v) is 9.36. The van der Waals surface area contributed by atoms with E-state index in [-0.39, 0.29) is 21.5 Å². The van der Waals surface area contributed by atoms with Crippen LogP contribution in [0.3, 0.4) is 0 Å². The number of hydrogen-bond acceptors (Lipinski definition) is 6. The molecule has 1 aliphatic carbocycles. The molecule has 3 aromatic rings. The molecule has 1 aromatic carbocycles. The Bertz CT molecular complexity index is 992. The van der Waals surface area contributed by atoms with Crippen molar-refractivity contribution in [2.24, 2.45) is 0 Å². The minimum Gasteiger partial charge on any atom is -0.284 e. The fourth-order valence-electron chi connectivity index (χ4n) is 2.56. The van der Waals surface area contributed by atoms with Gasteiger partial charge in [-0.25, -0.2) is 4.98 Å². The van der Waals surface area contributed by atoms with Gasteiger partial charge < -0.3 is 0 Å². The molecule has 0 amide bonds. The van der Waals surface area contributed by atoms with Crippen LogP contribution in [0.25, 0.3) is 10.9 Å². The van der Waals surface area contributed by atoms with Crippen LogP contribution in [0.4, 0.5) is 5.00 Å². The molecule has 0 unspecified atom stereocenters. The van der Waals surface area contributed by atoms with Gasteiger partial charge in [-0.05, 0) is 30.5 Å². The number of rotatable bonds is 5. The Labute approximate surface area is 145 Å². The van der Waals surface area contributed by atoms with E-state index in [0.29, 0.717) is 21.8 Å². The number of benzene rings is 1. The summed E-state index contributed by atoms with van der Waals surface area (Å²) in [6, 6.07) is 9.17. The molecule has 2 heterocycles. The molecule has 0 spiro atoms. The summed E-state index contributed by atoms with van der Waals surface area (Å²) in [5.41, 5.74) is 1.57. The Balaban J connectivity index is 1.68. The molecule has 8 heteroatoms. The van der Waals surface area contributed by atoms with E-state index in [0.717, 1.165) is 29.7 Å². The highest BCUT2D eigenvalue weighted by molar-refractivity contribution is 7.98. The number of nitro groups is 1. The van der Waals surface area contributed by atoms with Crippen LogP contribution in [-0.4, -0.2) is 14.5 Å². The number of thiophene rings is 1. The standard InChI is InChI=1S/C16H13N3O3S2/c20-15-12-3-1-2-4-13(12)17-16(18(15)11-5-6-11)24-9-10-7-14(19(21)22)23-8-10/h1-4,7-8,11H,5-6,9H2. The summed E-state index contributed by atoms with van der Waals surface area (Å²) in [4.78, 5) is 27.8. The number of hydrogen-bond donors (Lipinski definition) is 0. The normalized spacial score (nSPS) is 14.2. The topological polar surface area (TPSA) is 78.0 Å². The largest absolute Gasteiger partial charge is 0.324 e. The van der Waals surface area contributed by atoms with Crippen molar-refractivity contribution in [1.29, 1.82) is 0 Å². The molecule has 1 aliphatic rings. The third-order valence-corrected chi connectivity index (χ3v) is 5.83. The molecule has 0 aliphatic heterocycles. The van der Waals surface area contributed by atoms with Gasteiger partial charge in [-0.2, -0.15) is 0 Å². The third kappa shape index (κ3) is 2.83. The van der Waals surface area contributed by atoms with Crippen LogP contribution in [0.15, 0.2) is 45.7 Å². The van der Waals surface area contributed by atoms with Gasteiger partial charge in [0.1, 0.15) is 0 Å². The second-order valence-electron chi connectivity index (χ2n) is 5.66. The maximum absolute atomic E-state index is 12.8. The fourth-order valence-corrected chi connectivity index (χ4v) is 4.39. The minimum absolute atomic E-state index is 0.00176. The lowest BCUT2D eigenvalue weighted by Crippen LogP contribution is -2.22. The summed E-state index contributed by atoms with van der Waals surface area (Å²) in [6.07, 6.45) is 1.99. The van der Waals surface area contributed by atoms with Gasteiger partial charge in [0.2, 0.25) is 0 Å². The zero-order valence-electron chi connectivity index (χ0n) is 12.5. The third-order valence-electron chi connectivity index (χ3n) is 3.88. The van der Waals surface area contributed by atoms with Crippen molar-refractivity contribution in [3.63, 3.8) is 0 Å². The molecule has 24 heavy (non-hydrogen) atoms. The first-order valence-electron chi connectivity index (χ1n) is 7.49. The Morgan fingerprint density at radius 1 is 1.38 bits per heavy atom. The molecule has 122 valence electrons. The first kappa shape index (κ1) is 15.3. The molecular weight excluding hydrogens is 346 g/mol. The Kier molecular flexibility index (Phi) is 3.85. The zero-order chi connectivity index (χ0) is 16.7. The van der Waals surface area contributed by atoms with Crippen LogP contribution >= 0.6 is 23.1 Å². The van der Waals surface area contributed by atoms with E-state index in [9.17, 15) is 14.9 Å². The molecule has 1 fully saturated rings. The van der Waals surface area contributed by atoms with Gasteiger partial charge in [-0.3, -0.25) is 19.5 Å². The Hall–Kier alpha value is -2.19. The number of aromatic nitrogens is 2. The second-order valence-corrected chi connectivity index (χ2v) is 7.49. The van der Waals surface area contributed by atoms with Crippen molar-refractivity contribution >= 4 is 39.0 Å². The molecule has 0 bridgehead atoms. The molecule has 4 rings (SSSR count). The van der Waals surface area contributed by atoms with E-state index in [1.165, 1.54) is 11.8 Å². The zero-order valence-corrected chi connectivity index (χ0v) is 14.2. The van der Waals surface area contributed by atoms with Gasteiger partial charge in [0.05, 0.1) is 15.8 Å². The van der Waals surface area contributed by atoms with Gasteiger partial charge in [0.15, 0.2) is 5.16 Å². The summed E-state index contributed by atoms with van der Waals surface area (Å²) in [5.74, 6) is 0.557. The number of fused-ring (bicyclic) bond motifs is 1. The lowest BCUT2D eigenvalue weighted by atomic mass is 10.2. The van der Waals surface area contributed by atoms with E-state index >= 15 is 0 Å². The molecule has 2 aromatic heterocycles. The summed E-state index contributed by atoms with van der Waals surface area (Å²) in [7, 11) is 0. The lowest BCUT2D eigenvalue weighted by Gasteiger charge is -2.11. The van der Waals surface area contributed by atoms with Gasteiger partial charge in [0, 0.05) is 23.2 Å². The SMILES string of the molecule is O=c1c2ccccc2nc(SCc2csc([N+](=O)[O-])c2)n1C1CC1. The monoisotopic (exact) mass is 359 g/mol. The van der Waals surface area contributed by atoms with Gasteiger partial charge in [-0.15, -0.1) is 0 Å². The predicted molar refractivity (Wildman–Crippen MR) is 94.8 cm³/mol. The average Bonchev–Trinajstić information content (AvgIpc) is 3.29. The Morgan fingerprint density at radius 2 is 2.17 bits per heavy atom. The van der Waals surface area contributed by atoms with Crippen molar-refractivity contribution in [3.05, 3.63) is 61.7 Å². The lowest BCUT2D eigenvalue weighted by molar-refractivity contribution is -0.380. The highest BCUT2D eigenvalue weighted by Gasteiger charge is 2.28. The average molecular weight is 359 g/mol. The van der Waals surface area contributed by atoms with Crippen LogP contribution in [0.1, 0.15) is 24.4 Å². The maximum atomic E-state index is 12.8. The molecule has 6 nitrogen and oxygen atoms in total. The quantitative estimate of drug-likeness (QED) is 0.298. The van der Waals surface area contributed by atoms with Crippen LogP contribution in [-0.2, 0) is 5.75 Å². The van der Waals surface area contributed by atoms with E-state index in [1.807, 2.05) is 18.2 Å². The van der Waals surface area contributed by atoms with Gasteiger partial charge in [0.25, 0.3) is 5.56 Å². The van der Waals surface area contributed by atoms with Gasteiger partial charge >= 0.3 is 5.00 Å².